The van der Waals surface area contributed by atoms with Gasteiger partial charge in [-0.25, -0.2) is 0 Å². The molecule has 0 spiro atoms. The normalized spacial score (nSPS) is 13.8. The molecule has 0 aromatic heterocycles. The van der Waals surface area contributed by atoms with Crippen molar-refractivity contribution < 1.29 is 18.3 Å². The Kier molecular flexibility index (Phi) is 8.42. The Bertz CT molecular complexity index is 634. The molecule has 0 amide bonds. The van der Waals surface area contributed by atoms with Crippen LogP contribution in [0.25, 0.3) is 0 Å². The lowest BCUT2D eigenvalue weighted by Crippen LogP contribution is -2.36. The van der Waals surface area contributed by atoms with E-state index in [0.717, 1.165) is 17.7 Å². The maximum atomic E-state index is 12.7. The Hall–Kier alpha value is -1.56. The summed E-state index contributed by atoms with van der Waals surface area (Å²) in [5.41, 5.74) is 7.05. The highest BCUT2D eigenvalue weighted by Gasteiger charge is 2.30. The van der Waals surface area contributed by atoms with Crippen molar-refractivity contribution in [2.24, 2.45) is 5.73 Å². The molecule has 0 radical (unpaired) electrons. The monoisotopic (exact) mass is 373 g/mol. The van der Waals surface area contributed by atoms with Crippen LogP contribution >= 0.6 is 12.4 Å². The highest BCUT2D eigenvalue weighted by molar-refractivity contribution is 5.85. The standard InChI is InChI=1S/C19H22F3NO.ClH/c20-19(21,22)16-10-4-8-14(12-16)9-5-11-18(24)17(23)13-15-6-2-1-3-7-15;/h1-4,6-8,10,12,17-18,24H,5,9,11,13,23H2;1H/t17-,18+;/m0./s1. The molecule has 2 nitrogen and oxygen atoms in total. The summed E-state index contributed by atoms with van der Waals surface area (Å²) in [4.78, 5) is 0. The van der Waals surface area contributed by atoms with Crippen molar-refractivity contribution in [3.8, 4) is 0 Å². The van der Waals surface area contributed by atoms with Gasteiger partial charge in [-0.15, -0.1) is 12.4 Å². The lowest BCUT2D eigenvalue weighted by Gasteiger charge is -2.19. The van der Waals surface area contributed by atoms with Gasteiger partial charge in [0, 0.05) is 6.04 Å². The van der Waals surface area contributed by atoms with E-state index < -0.39 is 17.8 Å². The Morgan fingerprint density at radius 1 is 0.960 bits per heavy atom. The van der Waals surface area contributed by atoms with Gasteiger partial charge in [-0.05, 0) is 42.9 Å². The number of hydrogen-bond donors (Lipinski definition) is 2. The number of aliphatic hydroxyl groups is 1. The molecule has 0 fully saturated rings. The van der Waals surface area contributed by atoms with Crippen LogP contribution in [-0.2, 0) is 19.0 Å². The fourth-order valence-electron chi connectivity index (χ4n) is 2.65. The maximum absolute atomic E-state index is 12.7. The van der Waals surface area contributed by atoms with Crippen LogP contribution in [0.3, 0.4) is 0 Å². The third-order valence-corrected chi connectivity index (χ3v) is 4.03. The highest BCUT2D eigenvalue weighted by atomic mass is 35.5. The summed E-state index contributed by atoms with van der Waals surface area (Å²) in [6, 6.07) is 14.6. The number of halogens is 4. The summed E-state index contributed by atoms with van der Waals surface area (Å²) in [5.74, 6) is 0. The van der Waals surface area contributed by atoms with E-state index in [4.69, 9.17) is 5.73 Å². The zero-order chi connectivity index (χ0) is 17.6. The molecular formula is C19H23ClF3NO. The number of alkyl halides is 3. The molecule has 25 heavy (non-hydrogen) atoms. The van der Waals surface area contributed by atoms with E-state index in [2.05, 4.69) is 0 Å². The van der Waals surface area contributed by atoms with Crippen molar-refractivity contribution in [2.75, 3.05) is 0 Å². The van der Waals surface area contributed by atoms with Crippen molar-refractivity contribution in [1.82, 2.24) is 0 Å². The Morgan fingerprint density at radius 2 is 1.60 bits per heavy atom. The molecule has 0 aliphatic heterocycles. The highest BCUT2D eigenvalue weighted by Crippen LogP contribution is 2.29. The van der Waals surface area contributed by atoms with Crippen molar-refractivity contribution in [2.45, 2.75) is 44.0 Å². The molecule has 138 valence electrons. The van der Waals surface area contributed by atoms with Crippen molar-refractivity contribution in [3.05, 3.63) is 71.3 Å². The number of hydrogen-bond acceptors (Lipinski definition) is 2. The van der Waals surface area contributed by atoms with Crippen LogP contribution in [0.1, 0.15) is 29.5 Å². The van der Waals surface area contributed by atoms with Gasteiger partial charge in [-0.3, -0.25) is 0 Å². The first-order valence-electron chi connectivity index (χ1n) is 8.00. The van der Waals surface area contributed by atoms with Gasteiger partial charge in [0.05, 0.1) is 11.7 Å². The lowest BCUT2D eigenvalue weighted by molar-refractivity contribution is -0.137. The molecule has 3 N–H and O–H groups in total. The predicted octanol–water partition coefficient (Wildman–Crippen LogP) is 4.38. The minimum absolute atomic E-state index is 0. The molecule has 0 saturated carbocycles. The van der Waals surface area contributed by atoms with Crippen LogP contribution in [-0.4, -0.2) is 17.3 Å². The number of nitrogens with two attached hydrogens (primary N) is 1. The third-order valence-electron chi connectivity index (χ3n) is 4.03. The smallest absolute Gasteiger partial charge is 0.392 e. The van der Waals surface area contributed by atoms with Gasteiger partial charge >= 0.3 is 6.18 Å². The average Bonchev–Trinajstić information content (AvgIpc) is 2.55. The molecule has 2 aromatic rings. The topological polar surface area (TPSA) is 46.2 Å². The average molecular weight is 374 g/mol. The fraction of sp³-hybridized carbons (Fsp3) is 0.368. The quantitative estimate of drug-likeness (QED) is 0.756. The molecule has 0 unspecified atom stereocenters. The number of aliphatic hydroxyl groups excluding tert-OH is 1. The van der Waals surface area contributed by atoms with Crippen molar-refractivity contribution in [1.29, 1.82) is 0 Å². The Labute approximate surface area is 152 Å². The molecule has 0 bridgehead atoms. The molecule has 0 saturated heterocycles. The summed E-state index contributed by atoms with van der Waals surface area (Å²) in [7, 11) is 0. The Balaban J connectivity index is 0.00000312. The van der Waals surface area contributed by atoms with Gasteiger partial charge in [0.25, 0.3) is 0 Å². The van der Waals surface area contributed by atoms with Crippen molar-refractivity contribution in [3.63, 3.8) is 0 Å². The molecular weight excluding hydrogens is 351 g/mol. The van der Waals surface area contributed by atoms with Crippen LogP contribution < -0.4 is 5.73 Å². The van der Waals surface area contributed by atoms with Gasteiger partial charge < -0.3 is 10.8 Å². The summed E-state index contributed by atoms with van der Waals surface area (Å²) < 4.78 is 38.0. The van der Waals surface area contributed by atoms with E-state index in [1.807, 2.05) is 30.3 Å². The molecule has 2 rings (SSSR count). The van der Waals surface area contributed by atoms with Crippen LogP contribution in [0.4, 0.5) is 13.2 Å². The van der Waals surface area contributed by atoms with Gasteiger partial charge in [-0.2, -0.15) is 13.2 Å². The molecule has 0 heterocycles. The second-order valence-corrected chi connectivity index (χ2v) is 6.01. The van der Waals surface area contributed by atoms with Crippen LogP contribution in [0, 0.1) is 0 Å². The van der Waals surface area contributed by atoms with Crippen LogP contribution in [0.5, 0.6) is 0 Å². The maximum Gasteiger partial charge on any atom is 0.416 e. The first-order valence-corrected chi connectivity index (χ1v) is 8.00. The summed E-state index contributed by atoms with van der Waals surface area (Å²) in [5, 5.41) is 10.1. The molecule has 2 atom stereocenters. The minimum atomic E-state index is -4.33. The van der Waals surface area contributed by atoms with Gasteiger partial charge in [0.15, 0.2) is 0 Å². The van der Waals surface area contributed by atoms with E-state index in [0.29, 0.717) is 31.2 Å². The SMILES string of the molecule is Cl.N[C@@H](Cc1ccccc1)[C@H](O)CCCc1cccc(C(F)(F)F)c1. The number of benzene rings is 2. The van der Waals surface area contributed by atoms with E-state index in [1.54, 1.807) is 6.07 Å². The zero-order valence-corrected chi connectivity index (χ0v) is 14.6. The lowest BCUT2D eigenvalue weighted by atomic mass is 9.97. The van der Waals surface area contributed by atoms with Gasteiger partial charge in [0.2, 0.25) is 0 Å². The largest absolute Gasteiger partial charge is 0.416 e. The number of aryl methyl sites for hydroxylation is 1. The fourth-order valence-corrected chi connectivity index (χ4v) is 2.65. The van der Waals surface area contributed by atoms with E-state index in [9.17, 15) is 18.3 Å². The van der Waals surface area contributed by atoms with Crippen LogP contribution in [0.2, 0.25) is 0 Å². The first-order chi connectivity index (χ1) is 11.4. The van der Waals surface area contributed by atoms with Crippen molar-refractivity contribution >= 4 is 12.4 Å². The molecule has 0 aliphatic rings. The summed E-state index contributed by atoms with van der Waals surface area (Å²) in [6.07, 6.45) is -2.89. The molecule has 0 aliphatic carbocycles. The minimum Gasteiger partial charge on any atom is -0.392 e. The van der Waals surface area contributed by atoms with E-state index in [-0.39, 0.29) is 18.4 Å². The predicted molar refractivity (Wildman–Crippen MR) is 95.8 cm³/mol. The molecule has 6 heteroatoms. The molecule has 2 aromatic carbocycles. The second kappa shape index (κ2) is 9.80. The van der Waals surface area contributed by atoms with Gasteiger partial charge in [-0.1, -0.05) is 48.5 Å². The summed E-state index contributed by atoms with van der Waals surface area (Å²) in [6.45, 7) is 0. The number of rotatable bonds is 7. The summed E-state index contributed by atoms with van der Waals surface area (Å²) >= 11 is 0. The zero-order valence-electron chi connectivity index (χ0n) is 13.7. The van der Waals surface area contributed by atoms with Gasteiger partial charge in [0.1, 0.15) is 0 Å². The Morgan fingerprint density at radius 3 is 2.24 bits per heavy atom. The van der Waals surface area contributed by atoms with Crippen LogP contribution in [0.15, 0.2) is 54.6 Å². The third kappa shape index (κ3) is 7.06. The first kappa shape index (κ1) is 21.5. The second-order valence-electron chi connectivity index (χ2n) is 6.01. The van der Waals surface area contributed by atoms with E-state index >= 15 is 0 Å². The van der Waals surface area contributed by atoms with E-state index in [1.165, 1.54) is 6.07 Å².